The van der Waals surface area contributed by atoms with Gasteiger partial charge in [-0.15, -0.1) is 0 Å². The summed E-state index contributed by atoms with van der Waals surface area (Å²) in [5.41, 5.74) is 5.12. The molecule has 0 spiro atoms. The number of hydrogen-bond donors (Lipinski definition) is 1. The Labute approximate surface area is 292 Å². The molecule has 1 N–H and O–H groups in total. The number of benzene rings is 4. The van der Waals surface area contributed by atoms with Gasteiger partial charge in [0.15, 0.2) is 0 Å². The SMILES string of the molecule is CC(C(=O)N1CCN(c2cnn(-c3ccccc3)c(=O)c2NC2CCN(Cc3ccccc3)CC2)CC1)c1ccc(-c2ccccc2)c(F)c1. The fourth-order valence-electron chi connectivity index (χ4n) is 7.09. The van der Waals surface area contributed by atoms with Gasteiger partial charge in [0.1, 0.15) is 11.5 Å². The van der Waals surface area contributed by atoms with Crippen molar-refractivity contribution < 1.29 is 9.18 Å². The number of nitrogens with one attached hydrogen (secondary N) is 1. The number of piperidine rings is 1. The molecule has 2 aliphatic rings. The number of nitrogens with zero attached hydrogens (tertiary/aromatic N) is 5. The Balaban J connectivity index is 1.04. The maximum Gasteiger partial charge on any atom is 0.296 e. The van der Waals surface area contributed by atoms with Gasteiger partial charge in [0.25, 0.3) is 5.56 Å². The van der Waals surface area contributed by atoms with Crippen molar-refractivity contribution in [1.82, 2.24) is 19.6 Å². The first-order valence-corrected chi connectivity index (χ1v) is 17.5. The van der Waals surface area contributed by atoms with E-state index in [0.29, 0.717) is 48.7 Å². The summed E-state index contributed by atoms with van der Waals surface area (Å²) in [6, 6.07) is 34.7. The van der Waals surface area contributed by atoms with Gasteiger partial charge in [-0.25, -0.2) is 4.39 Å². The van der Waals surface area contributed by atoms with Gasteiger partial charge in [0.2, 0.25) is 5.91 Å². The van der Waals surface area contributed by atoms with Crippen molar-refractivity contribution >= 4 is 17.3 Å². The first-order chi connectivity index (χ1) is 24.4. The predicted molar refractivity (Wildman–Crippen MR) is 197 cm³/mol. The van der Waals surface area contributed by atoms with Gasteiger partial charge in [0.05, 0.1) is 23.5 Å². The normalized spacial score (nSPS) is 16.3. The highest BCUT2D eigenvalue weighted by molar-refractivity contribution is 5.84. The first-order valence-electron chi connectivity index (χ1n) is 17.5. The van der Waals surface area contributed by atoms with Gasteiger partial charge in [-0.3, -0.25) is 14.5 Å². The number of likely N-dealkylation sites (tertiary alicyclic amines) is 1. The van der Waals surface area contributed by atoms with E-state index in [1.165, 1.54) is 16.3 Å². The van der Waals surface area contributed by atoms with Crippen LogP contribution in [-0.4, -0.2) is 70.8 Å². The second-order valence-corrected chi connectivity index (χ2v) is 13.3. The van der Waals surface area contributed by atoms with E-state index in [9.17, 15) is 9.59 Å². The van der Waals surface area contributed by atoms with Crippen LogP contribution in [0.3, 0.4) is 0 Å². The summed E-state index contributed by atoms with van der Waals surface area (Å²) in [5, 5.41) is 8.24. The molecule has 1 atom stereocenters. The van der Waals surface area contributed by atoms with Gasteiger partial charge in [0, 0.05) is 57.4 Å². The number of carbonyl (C=O) groups excluding carboxylic acids is 1. The van der Waals surface area contributed by atoms with E-state index in [-0.39, 0.29) is 23.3 Å². The molecule has 256 valence electrons. The number of aromatic nitrogens is 2. The maximum atomic E-state index is 15.2. The van der Waals surface area contributed by atoms with Crippen LogP contribution in [0.5, 0.6) is 0 Å². The van der Waals surface area contributed by atoms with E-state index in [4.69, 9.17) is 0 Å². The summed E-state index contributed by atoms with van der Waals surface area (Å²) in [4.78, 5) is 34.2. The Hall–Kier alpha value is -5.28. The molecule has 50 heavy (non-hydrogen) atoms. The summed E-state index contributed by atoms with van der Waals surface area (Å²) in [6.07, 6.45) is 3.62. The first kappa shape index (κ1) is 33.2. The zero-order valence-electron chi connectivity index (χ0n) is 28.4. The lowest BCUT2D eigenvalue weighted by Gasteiger charge is -2.38. The number of anilines is 2. The van der Waals surface area contributed by atoms with Gasteiger partial charge in [-0.05, 0) is 54.7 Å². The number of rotatable bonds is 9. The minimum absolute atomic E-state index is 0.0326. The van der Waals surface area contributed by atoms with Crippen molar-refractivity contribution in [2.24, 2.45) is 0 Å². The Morgan fingerprint density at radius 2 is 1.48 bits per heavy atom. The lowest BCUT2D eigenvalue weighted by molar-refractivity contribution is -0.132. The number of piperazine rings is 1. The fraction of sp³-hybridized carbons (Fsp3) is 0.293. The lowest BCUT2D eigenvalue weighted by atomic mass is 9.95. The third-order valence-electron chi connectivity index (χ3n) is 10.0. The van der Waals surface area contributed by atoms with E-state index in [0.717, 1.165) is 43.7 Å². The minimum Gasteiger partial charge on any atom is -0.376 e. The van der Waals surface area contributed by atoms with Crippen molar-refractivity contribution in [1.29, 1.82) is 0 Å². The lowest BCUT2D eigenvalue weighted by Crippen LogP contribution is -2.50. The van der Waals surface area contributed by atoms with Gasteiger partial charge in [-0.1, -0.05) is 91.0 Å². The molecule has 3 heterocycles. The molecule has 4 aromatic carbocycles. The molecule has 2 fully saturated rings. The van der Waals surface area contributed by atoms with E-state index in [1.807, 2.05) is 84.6 Å². The Morgan fingerprint density at radius 1 is 0.840 bits per heavy atom. The number of para-hydroxylation sites is 1. The minimum atomic E-state index is -0.484. The standard InChI is InChI=1S/C41H43FN6O2/c1-30(33-17-18-36(37(42)27-33)32-13-7-3-8-14-32)40(49)47-25-23-46(24-26-47)38-28-43-48(35-15-9-4-10-16-35)41(50)39(38)44-34-19-21-45(22-20-34)29-31-11-5-2-6-12-31/h2-18,27-28,30,34,44H,19-26,29H2,1H3. The molecule has 2 saturated heterocycles. The van der Waals surface area contributed by atoms with Crippen molar-refractivity contribution in [3.05, 3.63) is 143 Å². The van der Waals surface area contributed by atoms with Gasteiger partial charge in [-0.2, -0.15) is 9.78 Å². The van der Waals surface area contributed by atoms with Crippen LogP contribution < -0.4 is 15.8 Å². The molecular weight excluding hydrogens is 627 g/mol. The molecule has 1 unspecified atom stereocenters. The van der Waals surface area contributed by atoms with E-state index < -0.39 is 5.92 Å². The predicted octanol–water partition coefficient (Wildman–Crippen LogP) is 6.57. The number of halogens is 1. The van der Waals surface area contributed by atoms with Crippen LogP contribution in [0.1, 0.15) is 36.8 Å². The number of amides is 1. The highest BCUT2D eigenvalue weighted by Gasteiger charge is 2.29. The summed E-state index contributed by atoms with van der Waals surface area (Å²) in [5.74, 6) is -0.852. The molecular formula is C41H43FN6O2. The van der Waals surface area contributed by atoms with Crippen molar-refractivity contribution in [3.8, 4) is 16.8 Å². The van der Waals surface area contributed by atoms with Crippen molar-refractivity contribution in [3.63, 3.8) is 0 Å². The molecule has 0 bridgehead atoms. The molecule has 0 aliphatic carbocycles. The summed E-state index contributed by atoms with van der Waals surface area (Å²) >= 11 is 0. The van der Waals surface area contributed by atoms with Crippen LogP contribution in [0.2, 0.25) is 0 Å². The van der Waals surface area contributed by atoms with Crippen LogP contribution in [0, 0.1) is 5.82 Å². The van der Waals surface area contributed by atoms with Crippen LogP contribution in [0.4, 0.5) is 15.8 Å². The second-order valence-electron chi connectivity index (χ2n) is 13.3. The molecule has 8 nitrogen and oxygen atoms in total. The maximum absolute atomic E-state index is 15.2. The number of hydrogen-bond acceptors (Lipinski definition) is 6. The summed E-state index contributed by atoms with van der Waals surface area (Å²) in [6.45, 7) is 6.74. The molecule has 2 aliphatic heterocycles. The average Bonchev–Trinajstić information content (AvgIpc) is 3.17. The average molecular weight is 671 g/mol. The molecule has 9 heteroatoms. The molecule has 0 saturated carbocycles. The third kappa shape index (κ3) is 7.33. The van der Waals surface area contributed by atoms with Gasteiger partial charge < -0.3 is 15.1 Å². The highest BCUT2D eigenvalue weighted by atomic mass is 19.1. The Kier molecular flexibility index (Phi) is 10.0. The van der Waals surface area contributed by atoms with Crippen molar-refractivity contribution in [2.45, 2.75) is 38.3 Å². The van der Waals surface area contributed by atoms with Crippen LogP contribution in [0.25, 0.3) is 16.8 Å². The van der Waals surface area contributed by atoms with Crippen molar-refractivity contribution in [2.75, 3.05) is 49.5 Å². The smallest absolute Gasteiger partial charge is 0.296 e. The quantitative estimate of drug-likeness (QED) is 0.191. The molecule has 0 radical (unpaired) electrons. The zero-order chi connectivity index (χ0) is 34.5. The molecule has 1 aromatic heterocycles. The summed E-state index contributed by atoms with van der Waals surface area (Å²) in [7, 11) is 0. The third-order valence-corrected chi connectivity index (χ3v) is 10.0. The molecule has 1 amide bonds. The van der Waals surface area contributed by atoms with Crippen LogP contribution in [-0.2, 0) is 11.3 Å². The largest absolute Gasteiger partial charge is 0.376 e. The topological polar surface area (TPSA) is 73.7 Å². The van der Waals surface area contributed by atoms with E-state index >= 15 is 4.39 Å². The highest BCUT2D eigenvalue weighted by Crippen LogP contribution is 2.29. The van der Waals surface area contributed by atoms with E-state index in [2.05, 4.69) is 44.5 Å². The monoisotopic (exact) mass is 670 g/mol. The van der Waals surface area contributed by atoms with Gasteiger partial charge >= 0.3 is 0 Å². The number of carbonyl (C=O) groups is 1. The fourth-order valence-corrected chi connectivity index (χ4v) is 7.09. The second kappa shape index (κ2) is 15.1. The summed E-state index contributed by atoms with van der Waals surface area (Å²) < 4.78 is 16.6. The van der Waals surface area contributed by atoms with Crippen LogP contribution in [0.15, 0.2) is 120 Å². The Morgan fingerprint density at radius 3 is 2.14 bits per heavy atom. The van der Waals surface area contributed by atoms with Crippen LogP contribution >= 0.6 is 0 Å². The molecule has 7 rings (SSSR count). The Bertz CT molecular complexity index is 1950. The molecule has 5 aromatic rings. The van der Waals surface area contributed by atoms with E-state index in [1.54, 1.807) is 12.3 Å². The zero-order valence-corrected chi connectivity index (χ0v) is 28.4.